The zero-order chi connectivity index (χ0) is 40.2. The highest BCUT2D eigenvalue weighted by Crippen LogP contribution is 2.40. The Morgan fingerprint density at radius 3 is 1.23 bits per heavy atom. The summed E-state index contributed by atoms with van der Waals surface area (Å²) in [7, 11) is 0. The number of fused-ring (bicyclic) bond motifs is 2. The minimum absolute atomic E-state index is 0.173. The second kappa shape index (κ2) is 14.6. The molecule has 5 aromatic rings. The van der Waals surface area contributed by atoms with Gasteiger partial charge in [0.1, 0.15) is 11.6 Å². The van der Waals surface area contributed by atoms with Gasteiger partial charge in [-0.1, -0.05) is 77.9 Å². The Bertz CT molecular complexity index is 2050. The zero-order valence-electron chi connectivity index (χ0n) is 33.0. The van der Waals surface area contributed by atoms with Crippen molar-refractivity contribution in [3.63, 3.8) is 0 Å². The van der Waals surface area contributed by atoms with Crippen molar-refractivity contribution in [1.29, 1.82) is 0 Å². The monoisotopic (exact) mass is 772 g/mol. The van der Waals surface area contributed by atoms with Gasteiger partial charge in [0.25, 0.3) is 0 Å². The number of alkyl halides is 4. The van der Waals surface area contributed by atoms with Gasteiger partial charge in [0.05, 0.1) is 34.2 Å². The number of H-pyrrole nitrogens is 2. The summed E-state index contributed by atoms with van der Waals surface area (Å²) in [6.07, 6.45) is -0.373. The van der Waals surface area contributed by atoms with Crippen LogP contribution < -0.4 is 10.6 Å². The van der Waals surface area contributed by atoms with Crippen molar-refractivity contribution < 1.29 is 27.2 Å². The van der Waals surface area contributed by atoms with Crippen LogP contribution in [0.3, 0.4) is 0 Å². The molecule has 3 aromatic carbocycles. The fraction of sp³-hybridized carbons (Fsp3) is 0.500. The minimum atomic E-state index is -2.69. The van der Waals surface area contributed by atoms with Crippen LogP contribution in [0.5, 0.6) is 0 Å². The lowest BCUT2D eigenvalue weighted by Gasteiger charge is -2.33. The van der Waals surface area contributed by atoms with Crippen LogP contribution in [0.25, 0.3) is 44.3 Å². The Hall–Kier alpha value is -4.74. The third-order valence-electron chi connectivity index (χ3n) is 11.6. The van der Waals surface area contributed by atoms with Crippen LogP contribution in [0.2, 0.25) is 0 Å². The van der Waals surface area contributed by atoms with Crippen molar-refractivity contribution in [2.45, 2.75) is 117 Å². The Labute approximate surface area is 325 Å². The van der Waals surface area contributed by atoms with E-state index in [-0.39, 0.29) is 74.0 Å². The molecule has 2 atom stereocenters. The molecular formula is C44H52F4N6O2. The van der Waals surface area contributed by atoms with Gasteiger partial charge in [0, 0.05) is 37.5 Å². The molecule has 8 nitrogen and oxygen atoms in total. The highest BCUT2D eigenvalue weighted by molar-refractivity contribution is 5.85. The highest BCUT2D eigenvalue weighted by Gasteiger charge is 2.41. The van der Waals surface area contributed by atoms with E-state index in [1.54, 1.807) is 0 Å². The maximum atomic E-state index is 13.7. The number of aromatic nitrogens is 4. The van der Waals surface area contributed by atoms with Gasteiger partial charge < -0.3 is 20.6 Å². The summed E-state index contributed by atoms with van der Waals surface area (Å²) in [5.41, 5.74) is 6.42. The number of aromatic amines is 2. The highest BCUT2D eigenvalue weighted by atomic mass is 19.3. The number of hydrogen-bond donors (Lipinski definition) is 4. The molecule has 2 amide bonds. The van der Waals surface area contributed by atoms with E-state index in [0.717, 1.165) is 44.3 Å². The summed E-state index contributed by atoms with van der Waals surface area (Å²) in [6, 6.07) is 19.4. The number of imidazole rings is 2. The molecule has 0 spiro atoms. The molecule has 2 aliphatic rings. The summed E-state index contributed by atoms with van der Waals surface area (Å²) < 4.78 is 55.0. The van der Waals surface area contributed by atoms with Crippen molar-refractivity contribution in [2.24, 2.45) is 22.7 Å². The lowest BCUT2D eigenvalue weighted by molar-refractivity contribution is -0.131. The summed E-state index contributed by atoms with van der Waals surface area (Å²) in [5, 5.41) is 6.25. The molecule has 56 heavy (non-hydrogen) atoms. The molecule has 2 aromatic heterocycles. The maximum Gasteiger partial charge on any atom is 0.248 e. The fourth-order valence-electron chi connectivity index (χ4n) is 8.06. The van der Waals surface area contributed by atoms with Gasteiger partial charge in [0.15, 0.2) is 0 Å². The van der Waals surface area contributed by atoms with E-state index in [9.17, 15) is 27.2 Å². The van der Waals surface area contributed by atoms with Crippen molar-refractivity contribution in [1.82, 2.24) is 30.6 Å². The topological polar surface area (TPSA) is 116 Å². The molecular weight excluding hydrogens is 721 g/mol. The summed E-state index contributed by atoms with van der Waals surface area (Å²) >= 11 is 0. The Kier molecular flexibility index (Phi) is 10.3. The minimum Gasteiger partial charge on any atom is -0.345 e. The van der Waals surface area contributed by atoms with Crippen molar-refractivity contribution in [3.05, 3.63) is 72.3 Å². The van der Waals surface area contributed by atoms with Crippen LogP contribution in [-0.4, -0.2) is 43.6 Å². The first-order chi connectivity index (χ1) is 26.2. The molecule has 2 fully saturated rings. The summed E-state index contributed by atoms with van der Waals surface area (Å²) in [5.74, 6) is -5.43. The Balaban J connectivity index is 1.06. The van der Waals surface area contributed by atoms with E-state index in [4.69, 9.17) is 9.97 Å². The number of benzene rings is 3. The molecule has 1 unspecified atom stereocenters. The number of rotatable bonds is 8. The third kappa shape index (κ3) is 8.64. The van der Waals surface area contributed by atoms with E-state index in [1.165, 1.54) is 0 Å². The lowest BCUT2D eigenvalue weighted by atomic mass is 9.83. The molecule has 0 saturated heterocycles. The van der Waals surface area contributed by atoms with E-state index in [0.29, 0.717) is 11.6 Å². The first-order valence-corrected chi connectivity index (χ1v) is 19.7. The summed E-state index contributed by atoms with van der Waals surface area (Å²) in [4.78, 5) is 43.0. The third-order valence-corrected chi connectivity index (χ3v) is 11.6. The molecule has 12 heteroatoms. The lowest BCUT2D eigenvalue weighted by Crippen LogP contribution is -2.42. The smallest absolute Gasteiger partial charge is 0.248 e. The number of hydrogen-bond acceptors (Lipinski definition) is 4. The zero-order valence-corrected chi connectivity index (χ0v) is 33.0. The number of amides is 2. The standard InChI is InChI=1S/C44H52F4N6O2/c1-41(2,3)35(53-39(55)27-15-19-43(45,46)20-16-27)37-49-31-13-11-29(23-33(31)51-37)25-7-9-26(10-8-25)30-12-14-32-34(24-30)52-38(50-32)36(42(4,5)6)54-40(56)28-17-21-44(47,48)22-18-28/h7-14,23-24,27-28,35-36H,15-22H2,1-6H3,(H,49,51)(H,50,52)(H,53,55)(H,54,56)/t35-,36?/m1/s1. The van der Waals surface area contributed by atoms with Crippen molar-refractivity contribution >= 4 is 33.9 Å². The average molecular weight is 773 g/mol. The first-order valence-electron chi connectivity index (χ1n) is 19.7. The van der Waals surface area contributed by atoms with Crippen LogP contribution in [-0.2, 0) is 9.59 Å². The fourth-order valence-corrected chi connectivity index (χ4v) is 8.06. The number of nitrogens with one attached hydrogen (secondary N) is 4. The van der Waals surface area contributed by atoms with E-state index in [1.807, 2.05) is 77.9 Å². The predicted octanol–water partition coefficient (Wildman–Crippen LogP) is 10.8. The molecule has 0 bridgehead atoms. The van der Waals surface area contributed by atoms with E-state index >= 15 is 0 Å². The van der Waals surface area contributed by atoms with Crippen LogP contribution in [0, 0.1) is 22.7 Å². The Morgan fingerprint density at radius 1 is 0.589 bits per heavy atom. The first kappa shape index (κ1) is 39.5. The van der Waals surface area contributed by atoms with Crippen molar-refractivity contribution in [3.8, 4) is 22.3 Å². The van der Waals surface area contributed by atoms with Crippen LogP contribution in [0.15, 0.2) is 60.7 Å². The number of carbonyl (C=O) groups is 2. The molecule has 4 N–H and O–H groups in total. The average Bonchev–Trinajstić information content (AvgIpc) is 3.75. The molecule has 2 saturated carbocycles. The van der Waals surface area contributed by atoms with Gasteiger partial charge in [-0.2, -0.15) is 0 Å². The number of halogens is 4. The predicted molar refractivity (Wildman–Crippen MR) is 211 cm³/mol. The van der Waals surface area contributed by atoms with Gasteiger partial charge in [-0.3, -0.25) is 9.59 Å². The second-order valence-corrected chi connectivity index (χ2v) is 18.2. The van der Waals surface area contributed by atoms with Gasteiger partial charge in [-0.05, 0) is 83.0 Å². The molecule has 2 aliphatic carbocycles. The molecule has 0 aliphatic heterocycles. The van der Waals surface area contributed by atoms with E-state index < -0.39 is 35.8 Å². The largest absolute Gasteiger partial charge is 0.345 e. The normalized spacial score (nSPS) is 19.2. The van der Waals surface area contributed by atoms with Crippen LogP contribution >= 0.6 is 0 Å². The quantitative estimate of drug-likeness (QED) is 0.118. The summed E-state index contributed by atoms with van der Waals surface area (Å²) in [6.45, 7) is 12.1. The number of nitrogens with zero attached hydrogens (tertiary/aromatic N) is 2. The molecule has 2 heterocycles. The van der Waals surface area contributed by atoms with Crippen LogP contribution in [0.4, 0.5) is 17.6 Å². The Morgan fingerprint density at radius 2 is 0.911 bits per heavy atom. The molecule has 298 valence electrons. The number of carbonyl (C=O) groups excluding carboxylic acids is 2. The van der Waals surface area contributed by atoms with Gasteiger partial charge in [0.2, 0.25) is 23.7 Å². The van der Waals surface area contributed by atoms with Gasteiger partial charge >= 0.3 is 0 Å². The maximum absolute atomic E-state index is 13.7. The van der Waals surface area contributed by atoms with Gasteiger partial charge in [-0.25, -0.2) is 27.5 Å². The van der Waals surface area contributed by atoms with Crippen molar-refractivity contribution in [2.75, 3.05) is 0 Å². The molecule has 0 radical (unpaired) electrons. The molecule has 7 rings (SSSR count). The van der Waals surface area contributed by atoms with E-state index in [2.05, 4.69) is 44.9 Å². The SMILES string of the molecule is CC(C)(C)C(NC(=O)C1CCC(F)(F)CC1)c1nc2ccc(-c3ccc(-c4ccc5nc([C@@H](NC(=O)C6CCC(F)(F)CC6)C(C)(C)C)[nH]c5c4)cc3)cc2[nH]1. The van der Waals surface area contributed by atoms with Gasteiger partial charge in [-0.15, -0.1) is 0 Å². The second-order valence-electron chi connectivity index (χ2n) is 18.2. The van der Waals surface area contributed by atoms with Crippen LogP contribution in [0.1, 0.15) is 117 Å².